The molecule has 200 valence electrons. The quantitative estimate of drug-likeness (QED) is 0.182. The number of benzene rings is 2. The number of amides is 2. The van der Waals surface area contributed by atoms with E-state index in [1.54, 1.807) is 42.5 Å². The second kappa shape index (κ2) is 14.1. The Bertz CT molecular complexity index is 1260. The smallest absolute Gasteiger partial charge is 0.338 e. The van der Waals surface area contributed by atoms with Crippen molar-refractivity contribution in [2.24, 2.45) is 5.92 Å². The van der Waals surface area contributed by atoms with Crippen LogP contribution in [0, 0.1) is 5.92 Å². The number of hydrogen-bond acceptors (Lipinski definition) is 7. The van der Waals surface area contributed by atoms with Gasteiger partial charge < -0.3 is 19.9 Å². The summed E-state index contributed by atoms with van der Waals surface area (Å²) in [6.07, 6.45) is 2.45. The van der Waals surface area contributed by atoms with Crippen molar-refractivity contribution < 1.29 is 19.1 Å². The summed E-state index contributed by atoms with van der Waals surface area (Å²) in [6.45, 7) is 10.5. The van der Waals surface area contributed by atoms with Crippen LogP contribution in [0.4, 0.5) is 5.69 Å². The third kappa shape index (κ3) is 7.79. The number of aromatic nitrogens is 3. The fraction of sp³-hybridized carbons (Fsp3) is 0.321. The van der Waals surface area contributed by atoms with Gasteiger partial charge in [-0.05, 0) is 42.7 Å². The number of anilines is 1. The fourth-order valence-corrected chi connectivity index (χ4v) is 4.37. The standard InChI is InChI=1S/C28H33N5O4S/c1-5-15-33-25(24(19(3)4)30-26(35)20-11-8-7-9-12-20)31-32-28(33)38-18-23(34)29-22-14-10-13-21(17-22)27(36)37-16-6-2/h5,7-14,17,19,24H,1,6,15-16,18H2,2-4H3,(H,29,34)(H,30,35)/t24-/m1/s1. The van der Waals surface area contributed by atoms with Gasteiger partial charge in [0, 0.05) is 17.8 Å². The number of nitrogens with zero attached hydrogens (tertiary/aromatic N) is 3. The SMILES string of the molecule is C=CCn1c(SCC(=O)Nc2cccc(C(=O)OCCC)c2)nnc1[C@H](NC(=O)c1ccccc1)C(C)C. The number of rotatable bonds is 13. The van der Waals surface area contributed by atoms with E-state index < -0.39 is 12.0 Å². The summed E-state index contributed by atoms with van der Waals surface area (Å²) in [4.78, 5) is 37.6. The molecule has 0 spiro atoms. The van der Waals surface area contributed by atoms with Gasteiger partial charge in [0.1, 0.15) is 0 Å². The van der Waals surface area contributed by atoms with Crippen molar-refractivity contribution in [1.29, 1.82) is 0 Å². The molecule has 1 atom stereocenters. The molecular weight excluding hydrogens is 502 g/mol. The first-order chi connectivity index (χ1) is 18.3. The highest BCUT2D eigenvalue weighted by Crippen LogP contribution is 2.26. The summed E-state index contributed by atoms with van der Waals surface area (Å²) >= 11 is 1.23. The van der Waals surface area contributed by atoms with E-state index in [-0.39, 0.29) is 23.5 Å². The van der Waals surface area contributed by atoms with Gasteiger partial charge in [-0.15, -0.1) is 16.8 Å². The van der Waals surface area contributed by atoms with Crippen LogP contribution in [0.15, 0.2) is 72.4 Å². The van der Waals surface area contributed by atoms with Gasteiger partial charge >= 0.3 is 5.97 Å². The Morgan fingerprint density at radius 1 is 1.08 bits per heavy atom. The van der Waals surface area contributed by atoms with Crippen molar-refractivity contribution in [3.05, 3.63) is 84.2 Å². The Labute approximate surface area is 227 Å². The minimum atomic E-state index is -0.429. The van der Waals surface area contributed by atoms with Gasteiger partial charge in [0.15, 0.2) is 11.0 Å². The second-order valence-electron chi connectivity index (χ2n) is 8.85. The molecule has 10 heteroatoms. The number of esters is 1. The lowest BCUT2D eigenvalue weighted by molar-refractivity contribution is -0.113. The Balaban J connectivity index is 1.69. The molecule has 3 rings (SSSR count). The van der Waals surface area contributed by atoms with E-state index in [1.165, 1.54) is 11.8 Å². The molecule has 0 unspecified atom stereocenters. The molecule has 0 fully saturated rings. The number of ether oxygens (including phenoxy) is 1. The molecule has 38 heavy (non-hydrogen) atoms. The number of allylic oxidation sites excluding steroid dienone is 1. The fourth-order valence-electron chi connectivity index (χ4n) is 3.61. The predicted molar refractivity (Wildman–Crippen MR) is 148 cm³/mol. The Hall–Kier alpha value is -3.92. The topological polar surface area (TPSA) is 115 Å². The minimum absolute atomic E-state index is 0.0351. The van der Waals surface area contributed by atoms with Gasteiger partial charge in [0.2, 0.25) is 5.91 Å². The molecule has 0 radical (unpaired) electrons. The van der Waals surface area contributed by atoms with E-state index in [0.29, 0.717) is 40.9 Å². The van der Waals surface area contributed by atoms with E-state index in [9.17, 15) is 14.4 Å². The Morgan fingerprint density at radius 2 is 1.82 bits per heavy atom. The van der Waals surface area contributed by atoms with Gasteiger partial charge in [-0.3, -0.25) is 9.59 Å². The van der Waals surface area contributed by atoms with Crippen molar-refractivity contribution >= 4 is 35.2 Å². The first-order valence-electron chi connectivity index (χ1n) is 12.4. The van der Waals surface area contributed by atoms with Crippen molar-refractivity contribution in [3.8, 4) is 0 Å². The van der Waals surface area contributed by atoms with E-state index >= 15 is 0 Å². The zero-order valence-corrected chi connectivity index (χ0v) is 22.7. The molecule has 2 amide bonds. The Morgan fingerprint density at radius 3 is 2.50 bits per heavy atom. The van der Waals surface area contributed by atoms with Crippen LogP contribution in [0.5, 0.6) is 0 Å². The van der Waals surface area contributed by atoms with Crippen LogP contribution in [0.25, 0.3) is 0 Å². The van der Waals surface area contributed by atoms with Crippen LogP contribution < -0.4 is 10.6 Å². The zero-order chi connectivity index (χ0) is 27.5. The molecular formula is C28H33N5O4S. The molecule has 1 aromatic heterocycles. The number of nitrogens with one attached hydrogen (secondary N) is 2. The van der Waals surface area contributed by atoms with Crippen molar-refractivity contribution in [1.82, 2.24) is 20.1 Å². The van der Waals surface area contributed by atoms with Crippen LogP contribution in [-0.4, -0.2) is 44.9 Å². The molecule has 0 bridgehead atoms. The lowest BCUT2D eigenvalue weighted by Gasteiger charge is -2.22. The number of carbonyl (C=O) groups is 3. The highest BCUT2D eigenvalue weighted by molar-refractivity contribution is 7.99. The van der Waals surface area contributed by atoms with Crippen LogP contribution in [-0.2, 0) is 16.1 Å². The van der Waals surface area contributed by atoms with Gasteiger partial charge in [-0.2, -0.15) is 0 Å². The van der Waals surface area contributed by atoms with Crippen LogP contribution in [0.3, 0.4) is 0 Å². The molecule has 0 aliphatic rings. The number of thioether (sulfide) groups is 1. The highest BCUT2D eigenvalue weighted by atomic mass is 32.2. The van der Waals surface area contributed by atoms with Crippen molar-refractivity contribution in [2.75, 3.05) is 17.7 Å². The summed E-state index contributed by atoms with van der Waals surface area (Å²) in [5.41, 5.74) is 1.43. The second-order valence-corrected chi connectivity index (χ2v) is 9.80. The summed E-state index contributed by atoms with van der Waals surface area (Å²) in [5, 5.41) is 15.1. The van der Waals surface area contributed by atoms with Crippen molar-refractivity contribution in [2.45, 2.75) is 44.9 Å². The molecule has 0 aliphatic heterocycles. The average molecular weight is 536 g/mol. The van der Waals surface area contributed by atoms with Crippen LogP contribution >= 0.6 is 11.8 Å². The molecule has 2 N–H and O–H groups in total. The van der Waals surface area contributed by atoms with Gasteiger partial charge in [0.05, 0.1) is 24.0 Å². The molecule has 2 aromatic carbocycles. The van der Waals surface area contributed by atoms with E-state index in [0.717, 1.165) is 6.42 Å². The summed E-state index contributed by atoms with van der Waals surface area (Å²) < 4.78 is 7.01. The van der Waals surface area contributed by atoms with E-state index in [2.05, 4.69) is 27.4 Å². The molecule has 0 saturated heterocycles. The Kier molecular flexibility index (Phi) is 10.7. The number of carbonyl (C=O) groups excluding carboxylic acids is 3. The van der Waals surface area contributed by atoms with Gasteiger partial charge in [0.25, 0.3) is 5.91 Å². The third-order valence-electron chi connectivity index (χ3n) is 5.48. The van der Waals surface area contributed by atoms with Crippen LogP contribution in [0.1, 0.15) is 59.8 Å². The zero-order valence-electron chi connectivity index (χ0n) is 21.8. The predicted octanol–water partition coefficient (Wildman–Crippen LogP) is 4.89. The normalized spacial score (nSPS) is 11.6. The number of hydrogen-bond donors (Lipinski definition) is 2. The van der Waals surface area contributed by atoms with Crippen molar-refractivity contribution in [3.63, 3.8) is 0 Å². The first-order valence-corrected chi connectivity index (χ1v) is 13.4. The van der Waals surface area contributed by atoms with Crippen LogP contribution in [0.2, 0.25) is 0 Å². The molecule has 0 aliphatic carbocycles. The maximum Gasteiger partial charge on any atom is 0.338 e. The lowest BCUT2D eigenvalue weighted by Crippen LogP contribution is -2.33. The molecule has 9 nitrogen and oxygen atoms in total. The summed E-state index contributed by atoms with van der Waals surface area (Å²) in [5.74, 6) is -0.198. The third-order valence-corrected chi connectivity index (χ3v) is 6.44. The van der Waals surface area contributed by atoms with E-state index in [1.807, 2.05) is 43.5 Å². The van der Waals surface area contributed by atoms with E-state index in [4.69, 9.17) is 4.74 Å². The summed E-state index contributed by atoms with van der Waals surface area (Å²) in [7, 11) is 0. The largest absolute Gasteiger partial charge is 0.462 e. The van der Waals surface area contributed by atoms with Gasteiger partial charge in [-0.1, -0.05) is 62.9 Å². The maximum atomic E-state index is 12.8. The minimum Gasteiger partial charge on any atom is -0.462 e. The maximum absolute atomic E-state index is 12.8. The monoisotopic (exact) mass is 535 g/mol. The molecule has 3 aromatic rings. The lowest BCUT2D eigenvalue weighted by atomic mass is 10.0. The first kappa shape index (κ1) is 28.6. The average Bonchev–Trinajstić information content (AvgIpc) is 3.31. The highest BCUT2D eigenvalue weighted by Gasteiger charge is 2.26. The molecule has 1 heterocycles. The summed E-state index contributed by atoms with van der Waals surface area (Å²) in [6, 6.07) is 15.2. The molecule has 0 saturated carbocycles. The van der Waals surface area contributed by atoms with Gasteiger partial charge in [-0.25, -0.2) is 4.79 Å².